The van der Waals surface area contributed by atoms with Crippen LogP contribution in [-0.2, 0) is 6.54 Å². The van der Waals surface area contributed by atoms with Crippen molar-refractivity contribution >= 4 is 0 Å². The smallest absolute Gasteiger partial charge is 0.0202 e. The van der Waals surface area contributed by atoms with Crippen LogP contribution in [0.1, 0.15) is 47.1 Å². The zero-order valence-electron chi connectivity index (χ0n) is 11.6. The van der Waals surface area contributed by atoms with Crippen LogP contribution in [0.25, 0.3) is 0 Å². The summed E-state index contributed by atoms with van der Waals surface area (Å²) in [4.78, 5) is 0. The maximum absolute atomic E-state index is 3.08. The van der Waals surface area contributed by atoms with Crippen molar-refractivity contribution < 1.29 is 0 Å². The molecule has 15 heavy (non-hydrogen) atoms. The Morgan fingerprint density at radius 3 is 1.53 bits per heavy atom. The van der Waals surface area contributed by atoms with Crippen molar-refractivity contribution in [3.8, 4) is 0 Å². The lowest BCUT2D eigenvalue weighted by molar-refractivity contribution is 0.818. The molecule has 1 aromatic carbocycles. The Morgan fingerprint density at radius 1 is 0.800 bits per heavy atom. The average molecular weight is 211 g/mol. The summed E-state index contributed by atoms with van der Waals surface area (Å²) in [6.07, 6.45) is 0. The van der Waals surface area contributed by atoms with E-state index >= 15 is 0 Å². The summed E-state index contributed by atoms with van der Waals surface area (Å²) >= 11 is 0. The largest absolute Gasteiger partial charge is 0.316 e. The van der Waals surface area contributed by atoms with Crippen LogP contribution < -0.4 is 5.32 Å². The number of hydrogen-bond donors (Lipinski definition) is 1. The second kappa shape index (κ2) is 23.2. The van der Waals surface area contributed by atoms with Gasteiger partial charge in [-0.15, -0.1) is 0 Å². The maximum Gasteiger partial charge on any atom is 0.0202 e. The first-order chi connectivity index (χ1) is 7.43. The minimum atomic E-state index is 0.959. The summed E-state index contributed by atoms with van der Waals surface area (Å²) in [6.45, 7) is 13.0. The molecule has 0 fully saturated rings. The van der Waals surface area contributed by atoms with E-state index in [-0.39, 0.29) is 0 Å². The molecule has 1 rings (SSSR count). The highest BCUT2D eigenvalue weighted by atomic mass is 14.8. The van der Waals surface area contributed by atoms with Gasteiger partial charge in [0.15, 0.2) is 0 Å². The van der Waals surface area contributed by atoms with Crippen LogP contribution in [-0.4, -0.2) is 7.05 Å². The van der Waals surface area contributed by atoms with Crippen molar-refractivity contribution in [2.45, 2.75) is 48.1 Å². The van der Waals surface area contributed by atoms with Gasteiger partial charge in [0.1, 0.15) is 0 Å². The fourth-order valence-electron chi connectivity index (χ4n) is 0.800. The molecule has 0 aliphatic rings. The van der Waals surface area contributed by atoms with Gasteiger partial charge in [-0.05, 0) is 12.6 Å². The Kier molecular flexibility index (Phi) is 30.5. The molecule has 0 atom stereocenters. The molecule has 0 saturated heterocycles. The molecule has 0 saturated carbocycles. The third-order valence-corrected chi connectivity index (χ3v) is 1.22. The number of benzene rings is 1. The lowest BCUT2D eigenvalue weighted by Crippen LogP contribution is -2.04. The lowest BCUT2D eigenvalue weighted by Gasteiger charge is -1.95. The van der Waals surface area contributed by atoms with Crippen LogP contribution in [0.3, 0.4) is 0 Å². The normalized spacial score (nSPS) is 6.87. The Morgan fingerprint density at radius 2 is 1.20 bits per heavy atom. The Balaban J connectivity index is -0.000000208. The van der Waals surface area contributed by atoms with E-state index in [1.54, 1.807) is 0 Å². The standard InChI is InChI=1S/C8H11N.3C2H6/c1-9-7-8-5-3-2-4-6-8;3*1-2/h2-6,9H,7H2,1H3;3*1-2H3. The first-order valence-corrected chi connectivity index (χ1v) is 6.12. The molecule has 0 aromatic heterocycles. The van der Waals surface area contributed by atoms with E-state index in [1.165, 1.54) is 5.56 Å². The fourth-order valence-corrected chi connectivity index (χ4v) is 0.800. The molecule has 0 heterocycles. The molecule has 0 amide bonds. The molecule has 0 aliphatic heterocycles. The first kappa shape index (κ1) is 19.7. The van der Waals surface area contributed by atoms with Crippen LogP contribution in [0.4, 0.5) is 0 Å². The van der Waals surface area contributed by atoms with E-state index in [9.17, 15) is 0 Å². The van der Waals surface area contributed by atoms with E-state index in [1.807, 2.05) is 66.8 Å². The monoisotopic (exact) mass is 211 g/mol. The van der Waals surface area contributed by atoms with Gasteiger partial charge in [0.25, 0.3) is 0 Å². The molecule has 0 radical (unpaired) electrons. The Bertz CT molecular complexity index is 158. The lowest BCUT2D eigenvalue weighted by atomic mass is 10.2. The molecule has 90 valence electrons. The van der Waals surface area contributed by atoms with Crippen molar-refractivity contribution in [1.82, 2.24) is 5.32 Å². The first-order valence-electron chi connectivity index (χ1n) is 6.12. The highest BCUT2D eigenvalue weighted by Crippen LogP contribution is 1.95. The van der Waals surface area contributed by atoms with Gasteiger partial charge < -0.3 is 5.32 Å². The molecular formula is C14H29N. The number of rotatable bonds is 2. The Labute approximate surface area is 96.9 Å². The molecule has 0 spiro atoms. The van der Waals surface area contributed by atoms with Gasteiger partial charge in [-0.3, -0.25) is 0 Å². The predicted octanol–water partition coefficient (Wildman–Crippen LogP) is 4.48. The summed E-state index contributed by atoms with van der Waals surface area (Å²) in [7, 11) is 1.95. The Hall–Kier alpha value is -0.820. The second-order valence-electron chi connectivity index (χ2n) is 2.02. The maximum atomic E-state index is 3.08. The van der Waals surface area contributed by atoms with Crippen molar-refractivity contribution in [1.29, 1.82) is 0 Å². The molecule has 1 nitrogen and oxygen atoms in total. The van der Waals surface area contributed by atoms with E-state index in [0.717, 1.165) is 6.54 Å². The van der Waals surface area contributed by atoms with Gasteiger partial charge in [-0.1, -0.05) is 71.9 Å². The predicted molar refractivity (Wildman–Crippen MR) is 73.2 cm³/mol. The topological polar surface area (TPSA) is 12.0 Å². The van der Waals surface area contributed by atoms with Gasteiger partial charge in [-0.25, -0.2) is 0 Å². The molecular weight excluding hydrogens is 182 g/mol. The van der Waals surface area contributed by atoms with E-state index in [0.29, 0.717) is 0 Å². The number of nitrogens with one attached hydrogen (secondary N) is 1. The van der Waals surface area contributed by atoms with E-state index in [4.69, 9.17) is 0 Å². The zero-order chi connectivity index (χ0) is 12.5. The second-order valence-corrected chi connectivity index (χ2v) is 2.02. The van der Waals surface area contributed by atoms with Gasteiger partial charge in [-0.2, -0.15) is 0 Å². The fraction of sp³-hybridized carbons (Fsp3) is 0.571. The van der Waals surface area contributed by atoms with E-state index < -0.39 is 0 Å². The van der Waals surface area contributed by atoms with Crippen molar-refractivity contribution in [2.24, 2.45) is 0 Å². The SMILES string of the molecule is CC.CC.CC.CNCc1ccccc1. The van der Waals surface area contributed by atoms with Crippen molar-refractivity contribution in [2.75, 3.05) is 7.05 Å². The van der Waals surface area contributed by atoms with Gasteiger partial charge >= 0.3 is 0 Å². The van der Waals surface area contributed by atoms with Crippen molar-refractivity contribution in [3.05, 3.63) is 35.9 Å². The van der Waals surface area contributed by atoms with Crippen molar-refractivity contribution in [3.63, 3.8) is 0 Å². The van der Waals surface area contributed by atoms with Gasteiger partial charge in [0.2, 0.25) is 0 Å². The number of hydrogen-bond acceptors (Lipinski definition) is 1. The molecule has 0 unspecified atom stereocenters. The molecule has 1 N–H and O–H groups in total. The highest BCUT2D eigenvalue weighted by molar-refractivity contribution is 5.13. The summed E-state index contributed by atoms with van der Waals surface area (Å²) < 4.78 is 0. The average Bonchev–Trinajstić information content (AvgIpc) is 2.38. The van der Waals surface area contributed by atoms with Gasteiger partial charge in [0.05, 0.1) is 0 Å². The summed E-state index contributed by atoms with van der Waals surface area (Å²) in [5.41, 5.74) is 1.33. The molecule has 0 bridgehead atoms. The minimum Gasteiger partial charge on any atom is -0.316 e. The highest BCUT2D eigenvalue weighted by Gasteiger charge is 1.83. The zero-order valence-corrected chi connectivity index (χ0v) is 11.6. The molecule has 0 aliphatic carbocycles. The van der Waals surface area contributed by atoms with Crippen LogP contribution in [0, 0.1) is 0 Å². The van der Waals surface area contributed by atoms with Crippen LogP contribution >= 0.6 is 0 Å². The molecule has 1 heteroatoms. The van der Waals surface area contributed by atoms with Crippen LogP contribution in [0.2, 0.25) is 0 Å². The minimum absolute atomic E-state index is 0.959. The quantitative estimate of drug-likeness (QED) is 0.760. The van der Waals surface area contributed by atoms with E-state index in [2.05, 4.69) is 17.4 Å². The van der Waals surface area contributed by atoms with Crippen LogP contribution in [0.5, 0.6) is 0 Å². The van der Waals surface area contributed by atoms with Gasteiger partial charge in [0, 0.05) is 6.54 Å². The van der Waals surface area contributed by atoms with Crippen LogP contribution in [0.15, 0.2) is 30.3 Å². The molecule has 1 aromatic rings. The third kappa shape index (κ3) is 15.9. The third-order valence-electron chi connectivity index (χ3n) is 1.22. The summed E-state index contributed by atoms with van der Waals surface area (Å²) in [5.74, 6) is 0. The summed E-state index contributed by atoms with van der Waals surface area (Å²) in [5, 5.41) is 3.08. The summed E-state index contributed by atoms with van der Waals surface area (Å²) in [6, 6.07) is 10.3.